The summed E-state index contributed by atoms with van der Waals surface area (Å²) in [6, 6.07) is 7.55. The molecule has 4 aromatic rings. The summed E-state index contributed by atoms with van der Waals surface area (Å²) in [6.45, 7) is 1.43. The predicted molar refractivity (Wildman–Crippen MR) is 120 cm³/mol. The number of amides is 1. The smallest absolute Gasteiger partial charge is 0.328 e. The quantitative estimate of drug-likeness (QED) is 0.493. The summed E-state index contributed by atoms with van der Waals surface area (Å²) in [4.78, 5) is 47.3. The van der Waals surface area contributed by atoms with E-state index in [1.165, 1.54) is 33.8 Å². The summed E-state index contributed by atoms with van der Waals surface area (Å²) < 4.78 is 3.67. The standard InChI is InChI=1S/C20H19ClN6O3S/c1-11-14(8-12-6-4-5-7-13(12)21)31-19(23-11)24-15(28)9-27-18(29)16-17(22-10-25(16)2)26(3)20(27)30/h4-7,10H,8-9H2,1-3H3,(H,23,24,28). The van der Waals surface area contributed by atoms with E-state index >= 15 is 0 Å². The second-order valence-electron chi connectivity index (χ2n) is 7.10. The van der Waals surface area contributed by atoms with E-state index in [0.717, 1.165) is 20.7 Å². The Bertz CT molecular complexity index is 1430. The van der Waals surface area contributed by atoms with E-state index < -0.39 is 23.7 Å². The van der Waals surface area contributed by atoms with Crippen LogP contribution >= 0.6 is 22.9 Å². The van der Waals surface area contributed by atoms with Crippen LogP contribution in [0.4, 0.5) is 5.13 Å². The van der Waals surface area contributed by atoms with Crippen LogP contribution in [0.3, 0.4) is 0 Å². The molecule has 3 heterocycles. The molecule has 4 rings (SSSR count). The van der Waals surface area contributed by atoms with Crippen molar-refractivity contribution in [3.8, 4) is 0 Å². The zero-order chi connectivity index (χ0) is 22.3. The van der Waals surface area contributed by atoms with Gasteiger partial charge in [0.25, 0.3) is 5.56 Å². The molecule has 0 radical (unpaired) electrons. The molecule has 0 aliphatic heterocycles. The van der Waals surface area contributed by atoms with Crippen molar-refractivity contribution in [1.29, 1.82) is 0 Å². The molecule has 0 aliphatic rings. The Morgan fingerprint density at radius 1 is 1.23 bits per heavy atom. The number of halogens is 1. The number of nitrogens with one attached hydrogen (secondary N) is 1. The normalized spacial score (nSPS) is 11.2. The molecular weight excluding hydrogens is 440 g/mol. The number of carbonyl (C=O) groups excluding carboxylic acids is 1. The molecule has 0 fully saturated rings. The molecule has 31 heavy (non-hydrogen) atoms. The monoisotopic (exact) mass is 458 g/mol. The molecule has 0 bridgehead atoms. The fourth-order valence-corrected chi connectivity index (χ4v) is 4.50. The van der Waals surface area contributed by atoms with Crippen molar-refractivity contribution in [2.75, 3.05) is 5.32 Å². The summed E-state index contributed by atoms with van der Waals surface area (Å²) in [5.74, 6) is -0.515. The van der Waals surface area contributed by atoms with Crippen LogP contribution in [0.5, 0.6) is 0 Å². The van der Waals surface area contributed by atoms with Crippen LogP contribution in [0.15, 0.2) is 40.2 Å². The van der Waals surface area contributed by atoms with Gasteiger partial charge in [-0.3, -0.25) is 14.2 Å². The third-order valence-electron chi connectivity index (χ3n) is 4.95. The maximum absolute atomic E-state index is 12.7. The average Bonchev–Trinajstić information content (AvgIpc) is 3.27. The summed E-state index contributed by atoms with van der Waals surface area (Å²) in [5.41, 5.74) is 1.10. The summed E-state index contributed by atoms with van der Waals surface area (Å²) >= 11 is 7.57. The lowest BCUT2D eigenvalue weighted by Gasteiger charge is -2.08. The Kier molecular flexibility index (Phi) is 5.50. The average molecular weight is 459 g/mol. The lowest BCUT2D eigenvalue weighted by Crippen LogP contribution is -2.42. The van der Waals surface area contributed by atoms with Gasteiger partial charge in [-0.15, -0.1) is 11.3 Å². The van der Waals surface area contributed by atoms with Gasteiger partial charge in [0.05, 0.1) is 12.0 Å². The van der Waals surface area contributed by atoms with Gasteiger partial charge in [-0.2, -0.15) is 0 Å². The van der Waals surface area contributed by atoms with Gasteiger partial charge in [-0.25, -0.2) is 19.3 Å². The highest BCUT2D eigenvalue weighted by molar-refractivity contribution is 7.15. The van der Waals surface area contributed by atoms with Gasteiger partial charge in [0.2, 0.25) is 5.91 Å². The summed E-state index contributed by atoms with van der Waals surface area (Å²) in [6.07, 6.45) is 2.05. The third kappa shape index (κ3) is 3.91. The summed E-state index contributed by atoms with van der Waals surface area (Å²) in [5, 5.41) is 3.75. The molecule has 160 valence electrons. The minimum absolute atomic E-state index is 0.252. The zero-order valence-electron chi connectivity index (χ0n) is 17.0. The van der Waals surface area contributed by atoms with Crippen LogP contribution in [0, 0.1) is 6.92 Å². The van der Waals surface area contributed by atoms with E-state index in [2.05, 4.69) is 15.3 Å². The maximum atomic E-state index is 12.7. The van der Waals surface area contributed by atoms with Gasteiger partial charge in [0.1, 0.15) is 6.54 Å². The molecule has 9 nitrogen and oxygen atoms in total. The van der Waals surface area contributed by atoms with Crippen molar-refractivity contribution >= 4 is 45.1 Å². The third-order valence-corrected chi connectivity index (χ3v) is 6.39. The van der Waals surface area contributed by atoms with E-state index in [1.54, 1.807) is 7.05 Å². The Morgan fingerprint density at radius 3 is 2.71 bits per heavy atom. The molecule has 1 amide bonds. The highest BCUT2D eigenvalue weighted by atomic mass is 35.5. The molecule has 0 atom stereocenters. The number of anilines is 1. The molecule has 0 aliphatic carbocycles. The zero-order valence-corrected chi connectivity index (χ0v) is 18.6. The van der Waals surface area contributed by atoms with Crippen LogP contribution in [-0.2, 0) is 31.9 Å². The number of thiazole rings is 1. The fraction of sp³-hybridized carbons (Fsp3) is 0.250. The van der Waals surface area contributed by atoms with Gasteiger partial charge < -0.3 is 9.88 Å². The highest BCUT2D eigenvalue weighted by Gasteiger charge is 2.18. The van der Waals surface area contributed by atoms with E-state index in [-0.39, 0.29) is 11.2 Å². The van der Waals surface area contributed by atoms with Crippen molar-refractivity contribution < 1.29 is 4.79 Å². The van der Waals surface area contributed by atoms with E-state index in [0.29, 0.717) is 16.6 Å². The van der Waals surface area contributed by atoms with Crippen LogP contribution in [-0.4, -0.2) is 29.6 Å². The number of imidazole rings is 1. The number of aryl methyl sites for hydroxylation is 3. The molecular formula is C20H19ClN6O3S. The van der Waals surface area contributed by atoms with Crippen LogP contribution < -0.4 is 16.6 Å². The number of benzene rings is 1. The molecule has 1 N–H and O–H groups in total. The number of hydrogen-bond donors (Lipinski definition) is 1. The van der Waals surface area contributed by atoms with Crippen molar-refractivity contribution in [2.24, 2.45) is 14.1 Å². The Balaban J connectivity index is 1.57. The predicted octanol–water partition coefficient (Wildman–Crippen LogP) is 2.08. The molecule has 0 unspecified atom stereocenters. The minimum Gasteiger partial charge on any atom is -0.328 e. The van der Waals surface area contributed by atoms with Gasteiger partial charge in [-0.1, -0.05) is 29.8 Å². The first-order chi connectivity index (χ1) is 14.8. The van der Waals surface area contributed by atoms with Crippen LogP contribution in [0.25, 0.3) is 11.2 Å². The number of fused-ring (bicyclic) bond motifs is 1. The van der Waals surface area contributed by atoms with Crippen molar-refractivity contribution in [2.45, 2.75) is 19.9 Å². The molecule has 0 saturated heterocycles. The van der Waals surface area contributed by atoms with Gasteiger partial charge in [-0.05, 0) is 18.6 Å². The molecule has 3 aromatic heterocycles. The first kappa shape index (κ1) is 21.0. The lowest BCUT2D eigenvalue weighted by atomic mass is 10.1. The van der Waals surface area contributed by atoms with E-state index in [1.807, 2.05) is 31.2 Å². The number of hydrogen-bond acceptors (Lipinski definition) is 6. The first-order valence-electron chi connectivity index (χ1n) is 9.36. The Labute approximate surface area is 185 Å². The van der Waals surface area contributed by atoms with Crippen molar-refractivity contribution in [3.05, 3.63) is 72.6 Å². The van der Waals surface area contributed by atoms with Crippen LogP contribution in [0.2, 0.25) is 5.02 Å². The second kappa shape index (κ2) is 8.12. The summed E-state index contributed by atoms with van der Waals surface area (Å²) in [7, 11) is 3.17. The van der Waals surface area contributed by atoms with Gasteiger partial charge in [0, 0.05) is 30.4 Å². The first-order valence-corrected chi connectivity index (χ1v) is 10.6. The maximum Gasteiger partial charge on any atom is 0.332 e. The lowest BCUT2D eigenvalue weighted by molar-refractivity contribution is -0.116. The van der Waals surface area contributed by atoms with Crippen LogP contribution in [0.1, 0.15) is 16.1 Å². The van der Waals surface area contributed by atoms with Gasteiger partial charge >= 0.3 is 5.69 Å². The SMILES string of the molecule is Cc1nc(NC(=O)Cn2c(=O)c3c(ncn3C)n(C)c2=O)sc1Cc1ccccc1Cl. The Hall–Kier alpha value is -3.24. The molecule has 1 aromatic carbocycles. The topological polar surface area (TPSA) is 104 Å². The van der Waals surface area contributed by atoms with Crippen molar-refractivity contribution in [3.63, 3.8) is 0 Å². The number of carbonyl (C=O) groups is 1. The fourth-order valence-electron chi connectivity index (χ4n) is 3.30. The molecule has 11 heteroatoms. The Morgan fingerprint density at radius 2 is 1.97 bits per heavy atom. The van der Waals surface area contributed by atoms with Gasteiger partial charge in [0.15, 0.2) is 16.3 Å². The van der Waals surface area contributed by atoms with E-state index in [9.17, 15) is 14.4 Å². The number of nitrogens with zero attached hydrogens (tertiary/aromatic N) is 5. The van der Waals surface area contributed by atoms with Crippen molar-refractivity contribution in [1.82, 2.24) is 23.7 Å². The van der Waals surface area contributed by atoms with E-state index in [4.69, 9.17) is 11.6 Å². The molecule has 0 saturated carbocycles. The number of aromatic nitrogens is 5. The number of rotatable bonds is 5. The minimum atomic E-state index is -0.610. The highest BCUT2D eigenvalue weighted by Crippen LogP contribution is 2.27. The second-order valence-corrected chi connectivity index (χ2v) is 8.60. The molecule has 0 spiro atoms. The largest absolute Gasteiger partial charge is 0.332 e.